The maximum atomic E-state index is 10.8. The van der Waals surface area contributed by atoms with Crippen LogP contribution in [0.25, 0.3) is 21.1 Å². The highest BCUT2D eigenvalue weighted by Gasteiger charge is 2.09. The summed E-state index contributed by atoms with van der Waals surface area (Å²) in [4.78, 5) is 16.5. The molecule has 0 unspecified atom stereocenters. The zero-order valence-corrected chi connectivity index (χ0v) is 13.3. The minimum Gasteiger partial charge on any atom is -0.478 e. The van der Waals surface area contributed by atoms with Crippen LogP contribution in [0.1, 0.15) is 10.4 Å². The van der Waals surface area contributed by atoms with Crippen molar-refractivity contribution in [3.63, 3.8) is 0 Å². The normalized spacial score (nSPS) is 10.7. The SMILES string of the molecule is O=C(O)c1ccc(-c2csc(-c3ccc(Br)s3)n2)cc1. The molecule has 20 heavy (non-hydrogen) atoms. The summed E-state index contributed by atoms with van der Waals surface area (Å²) < 4.78 is 1.08. The van der Waals surface area contributed by atoms with Gasteiger partial charge >= 0.3 is 5.97 Å². The fourth-order valence-corrected chi connectivity index (χ4v) is 4.02. The van der Waals surface area contributed by atoms with Gasteiger partial charge in [-0.25, -0.2) is 9.78 Å². The summed E-state index contributed by atoms with van der Waals surface area (Å²) in [5, 5.41) is 11.8. The van der Waals surface area contributed by atoms with Crippen LogP contribution in [0, 0.1) is 0 Å². The van der Waals surface area contributed by atoms with E-state index in [1.165, 1.54) is 0 Å². The Kier molecular flexibility index (Phi) is 3.69. The van der Waals surface area contributed by atoms with Gasteiger partial charge in [0.1, 0.15) is 5.01 Å². The Hall–Kier alpha value is -1.50. The zero-order chi connectivity index (χ0) is 14.1. The first kappa shape index (κ1) is 13.5. The Morgan fingerprint density at radius 1 is 1.15 bits per heavy atom. The van der Waals surface area contributed by atoms with E-state index in [1.807, 2.05) is 17.5 Å². The minimum absolute atomic E-state index is 0.284. The second-order valence-corrected chi connectivity index (χ2v) is 7.35. The van der Waals surface area contributed by atoms with E-state index in [4.69, 9.17) is 5.11 Å². The Balaban J connectivity index is 1.91. The van der Waals surface area contributed by atoms with Crippen LogP contribution < -0.4 is 0 Å². The van der Waals surface area contributed by atoms with E-state index in [9.17, 15) is 4.79 Å². The van der Waals surface area contributed by atoms with Gasteiger partial charge < -0.3 is 5.11 Å². The number of nitrogens with zero attached hydrogens (tertiary/aromatic N) is 1. The molecule has 0 aliphatic carbocycles. The molecule has 0 bridgehead atoms. The number of aromatic nitrogens is 1. The highest BCUT2D eigenvalue weighted by molar-refractivity contribution is 9.11. The van der Waals surface area contributed by atoms with Crippen LogP contribution in [0.15, 0.2) is 45.6 Å². The van der Waals surface area contributed by atoms with Crippen LogP contribution in [0.3, 0.4) is 0 Å². The van der Waals surface area contributed by atoms with Gasteiger partial charge in [-0.3, -0.25) is 0 Å². The standard InChI is InChI=1S/C14H8BrNO2S2/c15-12-6-5-11(20-12)13-16-10(7-19-13)8-1-3-9(4-2-8)14(17)18/h1-7H,(H,17,18). The van der Waals surface area contributed by atoms with Crippen molar-refractivity contribution < 1.29 is 9.90 Å². The summed E-state index contributed by atoms with van der Waals surface area (Å²) >= 11 is 6.67. The summed E-state index contributed by atoms with van der Waals surface area (Å²) in [7, 11) is 0. The molecule has 0 saturated heterocycles. The van der Waals surface area contributed by atoms with Crippen molar-refractivity contribution in [2.45, 2.75) is 0 Å². The molecule has 2 heterocycles. The van der Waals surface area contributed by atoms with Crippen LogP contribution >= 0.6 is 38.6 Å². The number of carbonyl (C=O) groups is 1. The number of benzene rings is 1. The van der Waals surface area contributed by atoms with Crippen LogP contribution in [-0.4, -0.2) is 16.1 Å². The molecule has 3 aromatic rings. The lowest BCUT2D eigenvalue weighted by Gasteiger charge is -1.97. The summed E-state index contributed by atoms with van der Waals surface area (Å²) in [5.74, 6) is -0.918. The van der Waals surface area contributed by atoms with Crippen molar-refractivity contribution >= 4 is 44.6 Å². The van der Waals surface area contributed by atoms with E-state index in [-0.39, 0.29) is 5.56 Å². The van der Waals surface area contributed by atoms with E-state index in [1.54, 1.807) is 46.9 Å². The quantitative estimate of drug-likeness (QED) is 0.710. The van der Waals surface area contributed by atoms with Gasteiger partial charge in [0.25, 0.3) is 0 Å². The number of thiazole rings is 1. The predicted octanol–water partition coefficient (Wildman–Crippen LogP) is 5.00. The second kappa shape index (κ2) is 5.47. The number of halogens is 1. The molecule has 0 fully saturated rings. The van der Waals surface area contributed by atoms with Crippen molar-refractivity contribution in [3.8, 4) is 21.1 Å². The third kappa shape index (κ3) is 2.67. The molecule has 0 saturated carbocycles. The molecule has 0 aliphatic heterocycles. The van der Waals surface area contributed by atoms with Crippen LogP contribution in [0.4, 0.5) is 0 Å². The summed E-state index contributed by atoms with van der Waals surface area (Å²) in [6.07, 6.45) is 0. The number of hydrogen-bond acceptors (Lipinski definition) is 4. The number of hydrogen-bond donors (Lipinski definition) is 1. The predicted molar refractivity (Wildman–Crippen MR) is 85.5 cm³/mol. The molecule has 0 atom stereocenters. The van der Waals surface area contributed by atoms with Gasteiger partial charge in [0.05, 0.1) is 19.9 Å². The highest BCUT2D eigenvalue weighted by atomic mass is 79.9. The smallest absolute Gasteiger partial charge is 0.335 e. The highest BCUT2D eigenvalue weighted by Crippen LogP contribution is 2.35. The Morgan fingerprint density at radius 3 is 2.50 bits per heavy atom. The van der Waals surface area contributed by atoms with E-state index in [2.05, 4.69) is 20.9 Å². The maximum Gasteiger partial charge on any atom is 0.335 e. The Labute approximate surface area is 131 Å². The van der Waals surface area contributed by atoms with Gasteiger partial charge in [-0.15, -0.1) is 22.7 Å². The first-order chi connectivity index (χ1) is 9.63. The van der Waals surface area contributed by atoms with Crippen molar-refractivity contribution in [3.05, 3.63) is 51.1 Å². The third-order valence-electron chi connectivity index (χ3n) is 2.72. The van der Waals surface area contributed by atoms with E-state index < -0.39 is 5.97 Å². The first-order valence-electron chi connectivity index (χ1n) is 5.68. The average molecular weight is 366 g/mol. The minimum atomic E-state index is -0.918. The van der Waals surface area contributed by atoms with Crippen molar-refractivity contribution in [1.82, 2.24) is 4.98 Å². The van der Waals surface area contributed by atoms with E-state index >= 15 is 0 Å². The molecule has 3 nitrogen and oxygen atoms in total. The lowest BCUT2D eigenvalue weighted by atomic mass is 10.1. The van der Waals surface area contributed by atoms with Gasteiger partial charge in [-0.05, 0) is 40.2 Å². The Morgan fingerprint density at radius 2 is 1.90 bits per heavy atom. The molecule has 6 heteroatoms. The van der Waals surface area contributed by atoms with Gasteiger partial charge in [0.15, 0.2) is 0 Å². The fourth-order valence-electron chi connectivity index (χ4n) is 1.73. The van der Waals surface area contributed by atoms with Crippen LogP contribution in [0.5, 0.6) is 0 Å². The molecular weight excluding hydrogens is 358 g/mol. The molecule has 0 amide bonds. The average Bonchev–Trinajstić information content (AvgIpc) is 3.07. The molecule has 0 spiro atoms. The fraction of sp³-hybridized carbons (Fsp3) is 0. The van der Waals surface area contributed by atoms with Crippen LogP contribution in [-0.2, 0) is 0 Å². The molecule has 3 rings (SSSR count). The number of carboxylic acids is 1. The maximum absolute atomic E-state index is 10.8. The largest absolute Gasteiger partial charge is 0.478 e. The number of aromatic carboxylic acids is 1. The molecule has 2 aromatic heterocycles. The summed E-state index contributed by atoms with van der Waals surface area (Å²) in [6.45, 7) is 0. The van der Waals surface area contributed by atoms with Gasteiger partial charge in [0.2, 0.25) is 0 Å². The lowest BCUT2D eigenvalue weighted by molar-refractivity contribution is 0.0697. The van der Waals surface area contributed by atoms with Crippen LogP contribution in [0.2, 0.25) is 0 Å². The van der Waals surface area contributed by atoms with Crippen molar-refractivity contribution in [2.24, 2.45) is 0 Å². The zero-order valence-electron chi connectivity index (χ0n) is 10.0. The molecule has 0 radical (unpaired) electrons. The van der Waals surface area contributed by atoms with E-state index in [0.717, 1.165) is 24.9 Å². The van der Waals surface area contributed by atoms with Crippen molar-refractivity contribution in [2.75, 3.05) is 0 Å². The second-order valence-electron chi connectivity index (χ2n) is 4.02. The van der Waals surface area contributed by atoms with Gasteiger partial charge in [0, 0.05) is 10.9 Å². The van der Waals surface area contributed by atoms with Gasteiger partial charge in [-0.1, -0.05) is 12.1 Å². The molecule has 0 aliphatic rings. The third-order valence-corrected chi connectivity index (χ3v) is 5.35. The summed E-state index contributed by atoms with van der Waals surface area (Å²) in [6, 6.07) is 10.8. The van der Waals surface area contributed by atoms with E-state index in [0.29, 0.717) is 0 Å². The summed E-state index contributed by atoms with van der Waals surface area (Å²) in [5.41, 5.74) is 2.07. The molecule has 100 valence electrons. The monoisotopic (exact) mass is 365 g/mol. The Bertz CT molecular complexity index is 762. The van der Waals surface area contributed by atoms with Gasteiger partial charge in [-0.2, -0.15) is 0 Å². The topological polar surface area (TPSA) is 50.2 Å². The lowest BCUT2D eigenvalue weighted by Crippen LogP contribution is -1.94. The molecule has 1 aromatic carbocycles. The number of thiophene rings is 1. The van der Waals surface area contributed by atoms with Crippen molar-refractivity contribution in [1.29, 1.82) is 0 Å². The first-order valence-corrected chi connectivity index (χ1v) is 8.17. The molecule has 1 N–H and O–H groups in total. The molecular formula is C14H8BrNO2S2. The number of carboxylic acid groups (broad SMARTS) is 1. The number of rotatable bonds is 3.